The molecule has 0 aliphatic heterocycles. The van der Waals surface area contributed by atoms with Gasteiger partial charge in [0, 0.05) is 7.05 Å². The van der Waals surface area contributed by atoms with Gasteiger partial charge in [-0.1, -0.05) is 19.1 Å². The van der Waals surface area contributed by atoms with Gasteiger partial charge in [-0.2, -0.15) is 4.98 Å². The van der Waals surface area contributed by atoms with Gasteiger partial charge < -0.3 is 20.1 Å². The monoisotopic (exact) mass is 359 g/mol. The Bertz CT molecular complexity index is 1050. The van der Waals surface area contributed by atoms with Crippen LogP contribution in [0.15, 0.2) is 33.9 Å². The molecule has 0 spiro atoms. The number of aryl methyl sites for hydroxylation is 2. The number of nitrogens with one attached hydrogen (secondary N) is 1. The lowest BCUT2D eigenvalue weighted by Crippen LogP contribution is -2.30. The maximum absolute atomic E-state index is 12.1. The van der Waals surface area contributed by atoms with E-state index in [1.54, 1.807) is 0 Å². The largest absolute Gasteiger partial charge is 0.491 e. The van der Waals surface area contributed by atoms with Crippen molar-refractivity contribution in [1.29, 1.82) is 0 Å². The lowest BCUT2D eigenvalue weighted by molar-refractivity contribution is 0.0938. The summed E-state index contributed by atoms with van der Waals surface area (Å²) in [6.07, 6.45) is -0.0321. The quantitative estimate of drug-likeness (QED) is 0.569. The highest BCUT2D eigenvalue weighted by Crippen LogP contribution is 2.16. The molecule has 0 bridgehead atoms. The van der Waals surface area contributed by atoms with Crippen molar-refractivity contribution < 1.29 is 9.84 Å². The second kappa shape index (κ2) is 7.04. The topological polar surface area (TPSA) is 128 Å². The maximum Gasteiger partial charge on any atom is 0.329 e. The van der Waals surface area contributed by atoms with Crippen molar-refractivity contribution in [2.45, 2.75) is 26.0 Å². The highest BCUT2D eigenvalue weighted by atomic mass is 16.5. The number of aromatic nitrogens is 4. The summed E-state index contributed by atoms with van der Waals surface area (Å²) in [6, 6.07) is 7.61. The average Bonchev–Trinajstić information content (AvgIpc) is 2.95. The van der Waals surface area contributed by atoms with Gasteiger partial charge in [0.25, 0.3) is 5.56 Å². The fourth-order valence-corrected chi connectivity index (χ4v) is 2.75. The number of benzene rings is 1. The summed E-state index contributed by atoms with van der Waals surface area (Å²) in [6.45, 7) is 2.08. The second-order valence-electron chi connectivity index (χ2n) is 6.04. The van der Waals surface area contributed by atoms with Gasteiger partial charge in [-0.3, -0.25) is 14.3 Å². The van der Waals surface area contributed by atoms with Gasteiger partial charge in [-0.05, 0) is 24.1 Å². The van der Waals surface area contributed by atoms with Crippen LogP contribution in [0.5, 0.6) is 5.75 Å². The number of hydrogen-bond donors (Lipinski definition) is 3. The summed E-state index contributed by atoms with van der Waals surface area (Å²) < 4.78 is 8.19. The van der Waals surface area contributed by atoms with Gasteiger partial charge in [0.1, 0.15) is 18.5 Å². The maximum atomic E-state index is 12.1. The van der Waals surface area contributed by atoms with Crippen LogP contribution in [-0.2, 0) is 20.0 Å². The number of aliphatic hydroxyl groups is 1. The Balaban J connectivity index is 1.80. The predicted octanol–water partition coefficient (Wildman–Crippen LogP) is 0.00780. The molecule has 1 unspecified atom stereocenters. The molecule has 0 saturated carbocycles. The van der Waals surface area contributed by atoms with Crippen LogP contribution in [0, 0.1) is 0 Å². The SMILES string of the molecule is CCc1cccc(OCC(O)Cn2c(N)nc3c2c(=O)[nH]c(=O)n3C)c1. The third-order valence-corrected chi connectivity index (χ3v) is 4.18. The Morgan fingerprint density at radius 2 is 2.15 bits per heavy atom. The molecule has 1 aromatic carbocycles. The van der Waals surface area contributed by atoms with Crippen LogP contribution in [0.2, 0.25) is 0 Å². The van der Waals surface area contributed by atoms with Gasteiger partial charge in [0.15, 0.2) is 11.2 Å². The number of ether oxygens (including phenoxy) is 1. The fourth-order valence-electron chi connectivity index (χ4n) is 2.75. The highest BCUT2D eigenvalue weighted by Gasteiger charge is 2.18. The number of H-pyrrole nitrogens is 1. The molecule has 0 saturated heterocycles. The van der Waals surface area contributed by atoms with Crippen LogP contribution in [0.25, 0.3) is 11.2 Å². The number of aromatic amines is 1. The Morgan fingerprint density at radius 3 is 2.88 bits per heavy atom. The Hall–Kier alpha value is -3.07. The van der Waals surface area contributed by atoms with Crippen molar-refractivity contribution in [3.8, 4) is 5.75 Å². The third kappa shape index (κ3) is 3.33. The first-order valence-corrected chi connectivity index (χ1v) is 8.25. The Kier molecular flexibility index (Phi) is 4.81. The van der Waals surface area contributed by atoms with E-state index in [0.717, 1.165) is 12.0 Å². The summed E-state index contributed by atoms with van der Waals surface area (Å²) in [5.41, 5.74) is 6.12. The van der Waals surface area contributed by atoms with Crippen molar-refractivity contribution in [3.63, 3.8) is 0 Å². The molecule has 3 aromatic rings. The minimum absolute atomic E-state index is 0.0110. The van der Waals surface area contributed by atoms with Crippen LogP contribution in [0.1, 0.15) is 12.5 Å². The van der Waals surface area contributed by atoms with Crippen LogP contribution >= 0.6 is 0 Å². The van der Waals surface area contributed by atoms with E-state index in [-0.39, 0.29) is 30.3 Å². The molecule has 2 aromatic heterocycles. The Labute approximate surface area is 148 Å². The number of nitrogens with zero attached hydrogens (tertiary/aromatic N) is 3. The van der Waals surface area contributed by atoms with Crippen LogP contribution in [0.4, 0.5) is 5.95 Å². The van der Waals surface area contributed by atoms with E-state index in [1.165, 1.54) is 16.2 Å². The number of anilines is 1. The molecule has 0 amide bonds. The molecule has 1 atom stereocenters. The molecular weight excluding hydrogens is 338 g/mol. The van der Waals surface area contributed by atoms with Crippen molar-refractivity contribution >= 4 is 17.1 Å². The number of nitrogens with two attached hydrogens (primary N) is 1. The molecule has 4 N–H and O–H groups in total. The zero-order chi connectivity index (χ0) is 18.8. The van der Waals surface area contributed by atoms with E-state index in [9.17, 15) is 14.7 Å². The Morgan fingerprint density at radius 1 is 1.38 bits per heavy atom. The number of aliphatic hydroxyl groups excluding tert-OH is 1. The van der Waals surface area contributed by atoms with Crippen molar-refractivity contribution in [2.75, 3.05) is 12.3 Å². The lowest BCUT2D eigenvalue weighted by Gasteiger charge is -2.14. The summed E-state index contributed by atoms with van der Waals surface area (Å²) in [5, 5.41) is 10.3. The molecule has 138 valence electrons. The third-order valence-electron chi connectivity index (χ3n) is 4.18. The van der Waals surface area contributed by atoms with Crippen molar-refractivity contribution in [3.05, 3.63) is 50.7 Å². The number of hydrogen-bond acceptors (Lipinski definition) is 6. The average molecular weight is 359 g/mol. The number of fused-ring (bicyclic) bond motifs is 1. The summed E-state index contributed by atoms with van der Waals surface area (Å²) in [4.78, 5) is 30.0. The highest BCUT2D eigenvalue weighted by molar-refractivity contribution is 5.73. The van der Waals surface area contributed by atoms with E-state index in [1.807, 2.05) is 31.2 Å². The first-order chi connectivity index (χ1) is 12.4. The zero-order valence-corrected chi connectivity index (χ0v) is 14.6. The van der Waals surface area contributed by atoms with Gasteiger partial charge in [-0.25, -0.2) is 4.79 Å². The first kappa shape index (κ1) is 17.7. The van der Waals surface area contributed by atoms with Gasteiger partial charge >= 0.3 is 5.69 Å². The van der Waals surface area contributed by atoms with Crippen molar-refractivity contribution in [2.24, 2.45) is 7.05 Å². The van der Waals surface area contributed by atoms with Gasteiger partial charge in [0.05, 0.1) is 6.54 Å². The zero-order valence-electron chi connectivity index (χ0n) is 14.6. The van der Waals surface area contributed by atoms with E-state index < -0.39 is 17.4 Å². The minimum Gasteiger partial charge on any atom is -0.491 e. The second-order valence-corrected chi connectivity index (χ2v) is 6.04. The van der Waals surface area contributed by atoms with Gasteiger partial charge in [0.2, 0.25) is 5.95 Å². The van der Waals surface area contributed by atoms with Gasteiger partial charge in [-0.15, -0.1) is 0 Å². The smallest absolute Gasteiger partial charge is 0.329 e. The molecule has 9 heteroatoms. The summed E-state index contributed by atoms with van der Waals surface area (Å²) in [5.74, 6) is 0.700. The summed E-state index contributed by atoms with van der Waals surface area (Å²) >= 11 is 0. The molecule has 0 fully saturated rings. The van der Waals surface area contributed by atoms with E-state index in [2.05, 4.69) is 9.97 Å². The van der Waals surface area contributed by atoms with E-state index in [0.29, 0.717) is 5.75 Å². The van der Waals surface area contributed by atoms with Crippen LogP contribution in [-0.4, -0.2) is 36.9 Å². The molecule has 0 aliphatic carbocycles. The number of nitrogen functional groups attached to an aromatic ring is 1. The lowest BCUT2D eigenvalue weighted by atomic mass is 10.2. The molecular formula is C17H21N5O4. The first-order valence-electron chi connectivity index (χ1n) is 8.25. The molecule has 2 heterocycles. The van der Waals surface area contributed by atoms with E-state index in [4.69, 9.17) is 10.5 Å². The number of rotatable bonds is 6. The minimum atomic E-state index is -0.920. The van der Waals surface area contributed by atoms with E-state index >= 15 is 0 Å². The van der Waals surface area contributed by atoms with Crippen LogP contribution in [0.3, 0.4) is 0 Å². The standard InChI is InChI=1S/C17H21N5O4/c1-3-10-5-4-6-12(7-10)26-9-11(23)8-22-13-14(19-16(22)18)21(2)17(25)20-15(13)24/h4-7,11,23H,3,8-9H2,1-2H3,(H2,18,19)(H,20,24,25). The molecule has 26 heavy (non-hydrogen) atoms. The molecule has 9 nitrogen and oxygen atoms in total. The normalized spacial score (nSPS) is 12.4. The van der Waals surface area contributed by atoms with Crippen LogP contribution < -0.4 is 21.7 Å². The predicted molar refractivity (Wildman–Crippen MR) is 97.3 cm³/mol. The number of imidazole rings is 1. The molecule has 3 rings (SSSR count). The van der Waals surface area contributed by atoms with Crippen molar-refractivity contribution in [1.82, 2.24) is 19.1 Å². The fraction of sp³-hybridized carbons (Fsp3) is 0.353. The molecule has 0 aliphatic rings. The summed E-state index contributed by atoms with van der Waals surface area (Å²) in [7, 11) is 1.48. The molecule has 0 radical (unpaired) electrons.